The van der Waals surface area contributed by atoms with Gasteiger partial charge in [-0.3, -0.25) is 0 Å². The van der Waals surface area contributed by atoms with Crippen molar-refractivity contribution in [1.82, 2.24) is 0 Å². The van der Waals surface area contributed by atoms with Crippen molar-refractivity contribution in [2.45, 2.75) is 31.5 Å². The lowest BCUT2D eigenvalue weighted by Crippen LogP contribution is -2.22. The van der Waals surface area contributed by atoms with Crippen molar-refractivity contribution in [3.05, 3.63) is 57.6 Å². The van der Waals surface area contributed by atoms with E-state index in [4.69, 9.17) is 49.4 Å². The third-order valence-electron chi connectivity index (χ3n) is 4.56. The fraction of sp³-hybridized carbons (Fsp3) is 0.429. The molecule has 160 valence electrons. The first-order valence-corrected chi connectivity index (χ1v) is 10.4. The molecule has 0 bridgehead atoms. The zero-order chi connectivity index (χ0) is 21.6. The van der Waals surface area contributed by atoms with Gasteiger partial charge in [0.05, 0.1) is 22.5 Å². The van der Waals surface area contributed by atoms with E-state index in [0.29, 0.717) is 21.5 Å². The maximum Gasteiger partial charge on any atom is 0.138 e. The molecule has 0 unspecified atom stereocenters. The molecule has 0 heterocycles. The molecule has 2 atom stereocenters. The van der Waals surface area contributed by atoms with Gasteiger partial charge in [0.2, 0.25) is 0 Å². The van der Waals surface area contributed by atoms with Gasteiger partial charge < -0.3 is 24.8 Å². The van der Waals surface area contributed by atoms with Gasteiger partial charge in [0.25, 0.3) is 0 Å². The van der Waals surface area contributed by atoms with E-state index in [0.717, 1.165) is 11.1 Å². The molecule has 0 saturated carbocycles. The summed E-state index contributed by atoms with van der Waals surface area (Å²) in [4.78, 5) is 0. The Morgan fingerprint density at radius 2 is 1.31 bits per heavy atom. The number of hydrogen-bond acceptors (Lipinski definition) is 5. The highest BCUT2D eigenvalue weighted by Gasteiger charge is 2.25. The third-order valence-corrected chi connectivity index (χ3v) is 5.51. The minimum atomic E-state index is -0.962. The zero-order valence-electron chi connectivity index (χ0n) is 16.2. The van der Waals surface area contributed by atoms with Crippen molar-refractivity contribution in [2.24, 2.45) is 0 Å². The van der Waals surface area contributed by atoms with Crippen LogP contribution in [-0.2, 0) is 5.41 Å². The summed E-state index contributed by atoms with van der Waals surface area (Å²) >= 11 is 18.3. The molecule has 0 spiro atoms. The van der Waals surface area contributed by atoms with Gasteiger partial charge in [0.15, 0.2) is 0 Å². The summed E-state index contributed by atoms with van der Waals surface area (Å²) in [5.41, 5.74) is 1.48. The van der Waals surface area contributed by atoms with Crippen LogP contribution >= 0.6 is 34.8 Å². The highest BCUT2D eigenvalue weighted by molar-refractivity contribution is 6.32. The molecule has 0 aliphatic rings. The summed E-state index contributed by atoms with van der Waals surface area (Å²) in [5.74, 6) is 0.986. The van der Waals surface area contributed by atoms with Crippen LogP contribution in [0, 0.1) is 0 Å². The van der Waals surface area contributed by atoms with E-state index in [-0.39, 0.29) is 25.7 Å². The van der Waals surface area contributed by atoms with Crippen molar-refractivity contribution < 1.29 is 24.8 Å². The lowest BCUT2D eigenvalue weighted by Gasteiger charge is -2.27. The van der Waals surface area contributed by atoms with Gasteiger partial charge in [-0.05, 0) is 35.4 Å². The molecule has 2 rings (SSSR count). The Bertz CT molecular complexity index is 747. The molecule has 0 fully saturated rings. The zero-order valence-corrected chi connectivity index (χ0v) is 18.5. The summed E-state index contributed by atoms with van der Waals surface area (Å²) in [7, 11) is 0. The third kappa shape index (κ3) is 6.38. The molecule has 0 aliphatic heterocycles. The normalized spacial score (nSPS) is 13.8. The second-order valence-electron chi connectivity index (χ2n) is 7.18. The van der Waals surface area contributed by atoms with Gasteiger partial charge in [0, 0.05) is 5.41 Å². The SMILES string of the molecule is CC(C)(c1ccc(OC[C@H](O)CCl)c(Cl)c1)c1ccc(OC[C@@H](O)CO)c(Cl)c1. The Balaban J connectivity index is 2.19. The maximum atomic E-state index is 9.52. The summed E-state index contributed by atoms with van der Waals surface area (Å²) in [5, 5.41) is 28.6. The average Bonchev–Trinajstić information content (AvgIpc) is 2.71. The number of hydrogen-bond donors (Lipinski definition) is 3. The van der Waals surface area contributed by atoms with Gasteiger partial charge >= 0.3 is 0 Å². The van der Waals surface area contributed by atoms with Gasteiger partial charge in [-0.15, -0.1) is 11.6 Å². The predicted octanol–water partition coefficient (Wildman–Crippen LogP) is 4.03. The standard InChI is InChI=1S/C21H25Cl3O5/c1-21(2,13-3-5-19(17(23)7-13)28-11-15(26)9-22)14-4-6-20(18(24)8-14)29-12-16(27)10-25/h3-8,15-16,25-27H,9-12H2,1-2H3/t15-,16+/m1/s1. The first kappa shape index (κ1) is 24.1. The van der Waals surface area contributed by atoms with E-state index in [2.05, 4.69) is 0 Å². The second-order valence-corrected chi connectivity index (χ2v) is 8.30. The largest absolute Gasteiger partial charge is 0.489 e. The van der Waals surface area contributed by atoms with E-state index in [1.165, 1.54) is 0 Å². The lowest BCUT2D eigenvalue weighted by molar-refractivity contribution is 0.0536. The molecule has 5 nitrogen and oxygen atoms in total. The molecule has 0 amide bonds. The smallest absolute Gasteiger partial charge is 0.138 e. The molecular weight excluding hydrogens is 439 g/mol. The Kier molecular flexibility index (Phi) is 8.89. The summed E-state index contributed by atoms with van der Waals surface area (Å²) in [6.45, 7) is 3.72. The predicted molar refractivity (Wildman–Crippen MR) is 116 cm³/mol. The fourth-order valence-corrected chi connectivity index (χ4v) is 3.21. The van der Waals surface area contributed by atoms with Crippen LogP contribution in [-0.4, -0.2) is 53.2 Å². The number of aliphatic hydroxyl groups excluding tert-OH is 3. The number of ether oxygens (including phenoxy) is 2. The molecule has 0 radical (unpaired) electrons. The van der Waals surface area contributed by atoms with Crippen molar-refractivity contribution in [2.75, 3.05) is 25.7 Å². The van der Waals surface area contributed by atoms with Gasteiger partial charge in [-0.2, -0.15) is 0 Å². The van der Waals surface area contributed by atoms with Crippen molar-refractivity contribution in [3.8, 4) is 11.5 Å². The van der Waals surface area contributed by atoms with Crippen LogP contribution in [0.25, 0.3) is 0 Å². The van der Waals surface area contributed by atoms with Gasteiger partial charge in [-0.25, -0.2) is 0 Å². The fourth-order valence-electron chi connectivity index (χ4n) is 2.65. The van der Waals surface area contributed by atoms with Crippen LogP contribution in [0.5, 0.6) is 11.5 Å². The highest BCUT2D eigenvalue weighted by Crippen LogP contribution is 2.38. The number of aliphatic hydroxyl groups is 3. The molecule has 2 aromatic carbocycles. The van der Waals surface area contributed by atoms with Crippen LogP contribution in [0.3, 0.4) is 0 Å². The Labute approximate surface area is 185 Å². The summed E-state index contributed by atoms with van der Waals surface area (Å²) < 4.78 is 11.0. The van der Waals surface area contributed by atoms with E-state index >= 15 is 0 Å². The summed E-state index contributed by atoms with van der Waals surface area (Å²) in [6.07, 6.45) is -1.72. The minimum Gasteiger partial charge on any atom is -0.489 e. The molecule has 0 aromatic heterocycles. The minimum absolute atomic E-state index is 0.0472. The van der Waals surface area contributed by atoms with E-state index in [1.54, 1.807) is 18.2 Å². The van der Waals surface area contributed by atoms with Crippen LogP contribution < -0.4 is 9.47 Å². The first-order valence-electron chi connectivity index (χ1n) is 9.07. The second kappa shape index (κ2) is 10.7. The van der Waals surface area contributed by atoms with Crippen LogP contribution in [0.4, 0.5) is 0 Å². The molecular formula is C21H25Cl3O5. The van der Waals surface area contributed by atoms with Gasteiger partial charge in [0.1, 0.15) is 36.9 Å². The van der Waals surface area contributed by atoms with E-state index in [1.807, 2.05) is 32.0 Å². The van der Waals surface area contributed by atoms with Crippen molar-refractivity contribution in [1.29, 1.82) is 0 Å². The maximum absolute atomic E-state index is 9.52. The molecule has 29 heavy (non-hydrogen) atoms. The highest BCUT2D eigenvalue weighted by atomic mass is 35.5. The van der Waals surface area contributed by atoms with E-state index < -0.39 is 17.6 Å². The average molecular weight is 464 g/mol. The first-order chi connectivity index (χ1) is 13.7. The van der Waals surface area contributed by atoms with Crippen molar-refractivity contribution in [3.63, 3.8) is 0 Å². The monoisotopic (exact) mass is 462 g/mol. The summed E-state index contributed by atoms with van der Waals surface area (Å²) in [6, 6.07) is 10.9. The van der Waals surface area contributed by atoms with Gasteiger partial charge in [-0.1, -0.05) is 49.2 Å². The number of benzene rings is 2. The molecule has 0 aliphatic carbocycles. The Morgan fingerprint density at radius 3 is 1.69 bits per heavy atom. The topological polar surface area (TPSA) is 79.2 Å². The molecule has 0 saturated heterocycles. The number of halogens is 3. The van der Waals surface area contributed by atoms with Crippen LogP contribution in [0.15, 0.2) is 36.4 Å². The van der Waals surface area contributed by atoms with Crippen LogP contribution in [0.2, 0.25) is 10.0 Å². The molecule has 3 N–H and O–H groups in total. The Morgan fingerprint density at radius 1 is 0.862 bits per heavy atom. The van der Waals surface area contributed by atoms with Crippen molar-refractivity contribution >= 4 is 34.8 Å². The lowest BCUT2D eigenvalue weighted by atomic mass is 9.78. The molecule has 8 heteroatoms. The molecule has 2 aromatic rings. The van der Waals surface area contributed by atoms with E-state index in [9.17, 15) is 10.2 Å². The van der Waals surface area contributed by atoms with Crippen LogP contribution in [0.1, 0.15) is 25.0 Å². The quantitative estimate of drug-likeness (QED) is 0.464. The number of alkyl halides is 1. The number of rotatable bonds is 10. The Hall–Kier alpha value is -1.21.